The summed E-state index contributed by atoms with van der Waals surface area (Å²) in [7, 11) is 0. The van der Waals surface area contributed by atoms with Gasteiger partial charge in [-0.25, -0.2) is 9.59 Å². The van der Waals surface area contributed by atoms with Crippen LogP contribution < -0.4 is 5.69 Å². The number of benzene rings is 1. The van der Waals surface area contributed by atoms with E-state index in [0.29, 0.717) is 17.6 Å². The normalized spacial score (nSPS) is 10.9. The monoisotopic (exact) mass is 274 g/mol. The standard InChI is InChI=1S/C13H10N2O3S/c16-12(17)9-2-1-3-10-11(9)14-13(18)15(10)6-8-4-5-19-7-8/h1-5,7H,6H2,(H,14,18)(H,16,17). The van der Waals surface area contributed by atoms with Gasteiger partial charge in [-0.05, 0) is 34.5 Å². The minimum atomic E-state index is -1.05. The highest BCUT2D eigenvalue weighted by atomic mass is 32.1. The Morgan fingerprint density at radius 2 is 2.21 bits per heavy atom. The number of hydrogen-bond donors (Lipinski definition) is 2. The van der Waals surface area contributed by atoms with Gasteiger partial charge in [0.25, 0.3) is 0 Å². The molecule has 96 valence electrons. The van der Waals surface area contributed by atoms with Crippen molar-refractivity contribution in [2.24, 2.45) is 0 Å². The van der Waals surface area contributed by atoms with E-state index in [4.69, 9.17) is 5.11 Å². The predicted octanol–water partition coefficient (Wildman–Crippen LogP) is 2.14. The van der Waals surface area contributed by atoms with Crippen LogP contribution in [0.2, 0.25) is 0 Å². The first-order valence-electron chi connectivity index (χ1n) is 5.62. The number of hydrogen-bond acceptors (Lipinski definition) is 3. The van der Waals surface area contributed by atoms with Gasteiger partial charge in [-0.3, -0.25) is 4.57 Å². The van der Waals surface area contributed by atoms with E-state index in [1.165, 1.54) is 6.07 Å². The smallest absolute Gasteiger partial charge is 0.337 e. The molecule has 0 bridgehead atoms. The topological polar surface area (TPSA) is 75.1 Å². The van der Waals surface area contributed by atoms with Crippen LogP contribution in [0.1, 0.15) is 15.9 Å². The van der Waals surface area contributed by atoms with E-state index < -0.39 is 5.97 Å². The van der Waals surface area contributed by atoms with Crippen LogP contribution in [-0.2, 0) is 6.54 Å². The maximum Gasteiger partial charge on any atom is 0.337 e. The van der Waals surface area contributed by atoms with Gasteiger partial charge in [0.1, 0.15) is 0 Å². The van der Waals surface area contributed by atoms with Gasteiger partial charge in [-0.2, -0.15) is 11.3 Å². The molecule has 6 heteroatoms. The van der Waals surface area contributed by atoms with Crippen molar-refractivity contribution in [3.8, 4) is 0 Å². The predicted molar refractivity (Wildman–Crippen MR) is 72.9 cm³/mol. The second kappa shape index (κ2) is 4.40. The molecule has 2 aromatic heterocycles. The zero-order valence-corrected chi connectivity index (χ0v) is 10.6. The van der Waals surface area contributed by atoms with E-state index in [0.717, 1.165) is 5.56 Å². The average Bonchev–Trinajstić information content (AvgIpc) is 2.98. The highest BCUT2D eigenvalue weighted by Crippen LogP contribution is 2.17. The Labute approximate surface area is 111 Å². The van der Waals surface area contributed by atoms with Crippen LogP contribution in [-0.4, -0.2) is 20.6 Å². The molecule has 0 fully saturated rings. The number of H-pyrrole nitrogens is 1. The van der Waals surface area contributed by atoms with Crippen LogP contribution in [0.5, 0.6) is 0 Å². The van der Waals surface area contributed by atoms with E-state index in [9.17, 15) is 9.59 Å². The molecule has 0 unspecified atom stereocenters. The van der Waals surface area contributed by atoms with Gasteiger partial charge in [-0.15, -0.1) is 0 Å². The molecule has 0 saturated heterocycles. The third-order valence-electron chi connectivity index (χ3n) is 2.96. The number of nitrogens with one attached hydrogen (secondary N) is 1. The molecule has 0 atom stereocenters. The van der Waals surface area contributed by atoms with Crippen molar-refractivity contribution in [1.82, 2.24) is 9.55 Å². The fourth-order valence-corrected chi connectivity index (χ4v) is 2.74. The minimum absolute atomic E-state index is 0.110. The van der Waals surface area contributed by atoms with Crippen LogP contribution in [0.3, 0.4) is 0 Å². The van der Waals surface area contributed by atoms with E-state index in [1.807, 2.05) is 16.8 Å². The lowest BCUT2D eigenvalue weighted by molar-refractivity contribution is 0.0699. The SMILES string of the molecule is O=C(O)c1cccc2c1[nH]c(=O)n2Cc1ccsc1. The lowest BCUT2D eigenvalue weighted by atomic mass is 10.2. The molecule has 2 N–H and O–H groups in total. The van der Waals surface area contributed by atoms with Crippen LogP contribution >= 0.6 is 11.3 Å². The van der Waals surface area contributed by atoms with Crippen molar-refractivity contribution in [3.63, 3.8) is 0 Å². The average molecular weight is 274 g/mol. The quantitative estimate of drug-likeness (QED) is 0.768. The van der Waals surface area contributed by atoms with Gasteiger partial charge in [0, 0.05) is 0 Å². The molecule has 0 aliphatic carbocycles. The summed E-state index contributed by atoms with van der Waals surface area (Å²) in [5.41, 5.74) is 1.81. The Morgan fingerprint density at radius 3 is 2.89 bits per heavy atom. The summed E-state index contributed by atoms with van der Waals surface area (Å²) >= 11 is 1.56. The summed E-state index contributed by atoms with van der Waals surface area (Å²) in [6, 6.07) is 6.81. The Balaban J connectivity index is 2.20. The fraction of sp³-hybridized carbons (Fsp3) is 0.0769. The number of imidazole rings is 1. The maximum absolute atomic E-state index is 12.0. The van der Waals surface area contributed by atoms with Crippen molar-refractivity contribution in [1.29, 1.82) is 0 Å². The summed E-state index contributed by atoms with van der Waals surface area (Å²) in [5, 5.41) is 13.0. The zero-order valence-electron chi connectivity index (χ0n) is 9.79. The van der Waals surface area contributed by atoms with Crippen molar-refractivity contribution >= 4 is 28.3 Å². The zero-order chi connectivity index (χ0) is 13.4. The van der Waals surface area contributed by atoms with Crippen molar-refractivity contribution in [2.45, 2.75) is 6.54 Å². The molecule has 0 saturated carbocycles. The highest BCUT2D eigenvalue weighted by Gasteiger charge is 2.14. The third-order valence-corrected chi connectivity index (χ3v) is 3.69. The summed E-state index contributed by atoms with van der Waals surface area (Å²) in [6.45, 7) is 0.436. The first kappa shape index (κ1) is 11.7. The largest absolute Gasteiger partial charge is 0.478 e. The molecule has 3 aromatic rings. The lowest BCUT2D eigenvalue weighted by Gasteiger charge is -2.02. The molecular formula is C13H10N2O3S. The lowest BCUT2D eigenvalue weighted by Crippen LogP contribution is -2.16. The number of nitrogens with zero attached hydrogens (tertiary/aromatic N) is 1. The molecular weight excluding hydrogens is 264 g/mol. The van der Waals surface area contributed by atoms with E-state index >= 15 is 0 Å². The molecule has 5 nitrogen and oxygen atoms in total. The number of carbonyl (C=O) groups is 1. The fourth-order valence-electron chi connectivity index (χ4n) is 2.08. The van der Waals surface area contributed by atoms with Crippen LogP contribution in [0.15, 0.2) is 39.8 Å². The molecule has 0 aliphatic rings. The number of aromatic carboxylic acids is 1. The number of para-hydroxylation sites is 1. The Hall–Kier alpha value is -2.34. The first-order valence-corrected chi connectivity index (χ1v) is 6.57. The van der Waals surface area contributed by atoms with Gasteiger partial charge in [0.15, 0.2) is 0 Å². The van der Waals surface area contributed by atoms with E-state index in [-0.39, 0.29) is 11.3 Å². The summed E-state index contributed by atoms with van der Waals surface area (Å²) in [6.07, 6.45) is 0. The number of rotatable bonds is 3. The molecule has 0 spiro atoms. The molecule has 0 radical (unpaired) electrons. The molecule has 1 aromatic carbocycles. The van der Waals surface area contributed by atoms with E-state index in [1.54, 1.807) is 28.0 Å². The van der Waals surface area contributed by atoms with Crippen LogP contribution in [0, 0.1) is 0 Å². The second-order valence-corrected chi connectivity index (χ2v) is 4.93. The summed E-state index contributed by atoms with van der Waals surface area (Å²) < 4.78 is 1.55. The highest BCUT2D eigenvalue weighted by molar-refractivity contribution is 7.07. The van der Waals surface area contributed by atoms with Crippen molar-refractivity contribution in [2.75, 3.05) is 0 Å². The molecule has 2 heterocycles. The number of carboxylic acid groups (broad SMARTS) is 1. The van der Waals surface area contributed by atoms with Crippen LogP contribution in [0.25, 0.3) is 11.0 Å². The number of fused-ring (bicyclic) bond motifs is 1. The molecule has 0 aliphatic heterocycles. The number of thiophene rings is 1. The second-order valence-electron chi connectivity index (χ2n) is 4.15. The number of aromatic amines is 1. The molecule has 19 heavy (non-hydrogen) atoms. The van der Waals surface area contributed by atoms with Gasteiger partial charge in [0.05, 0.1) is 23.1 Å². The number of aromatic nitrogens is 2. The van der Waals surface area contributed by atoms with Gasteiger partial charge in [-0.1, -0.05) is 6.07 Å². The Morgan fingerprint density at radius 1 is 1.37 bits per heavy atom. The van der Waals surface area contributed by atoms with E-state index in [2.05, 4.69) is 4.98 Å². The first-order chi connectivity index (χ1) is 9.16. The minimum Gasteiger partial charge on any atom is -0.478 e. The number of carboxylic acids is 1. The van der Waals surface area contributed by atoms with Crippen molar-refractivity contribution < 1.29 is 9.90 Å². The van der Waals surface area contributed by atoms with Gasteiger partial charge < -0.3 is 10.1 Å². The summed E-state index contributed by atoms with van der Waals surface area (Å²) in [4.78, 5) is 25.7. The third kappa shape index (κ3) is 1.96. The molecule has 3 rings (SSSR count). The Bertz CT molecular complexity index is 799. The Kier molecular flexibility index (Phi) is 2.72. The van der Waals surface area contributed by atoms with Gasteiger partial charge >= 0.3 is 11.7 Å². The van der Waals surface area contributed by atoms with Crippen LogP contribution in [0.4, 0.5) is 0 Å². The maximum atomic E-state index is 12.0. The molecule has 0 amide bonds. The van der Waals surface area contributed by atoms with Gasteiger partial charge in [0.2, 0.25) is 0 Å². The van der Waals surface area contributed by atoms with Crippen molar-refractivity contribution in [3.05, 3.63) is 56.6 Å². The summed E-state index contributed by atoms with van der Waals surface area (Å²) in [5.74, 6) is -1.05.